The first-order chi connectivity index (χ1) is 15.3. The van der Waals surface area contributed by atoms with Crippen LogP contribution in [0.2, 0.25) is 0 Å². The maximum atomic E-state index is 13.2. The molecule has 0 saturated heterocycles. The first kappa shape index (κ1) is 22.6. The van der Waals surface area contributed by atoms with E-state index in [1.807, 2.05) is 37.4 Å². The highest BCUT2D eigenvalue weighted by molar-refractivity contribution is 5.99. The van der Waals surface area contributed by atoms with Crippen LogP contribution in [0.25, 0.3) is 0 Å². The van der Waals surface area contributed by atoms with Gasteiger partial charge < -0.3 is 19.7 Å². The van der Waals surface area contributed by atoms with E-state index in [1.165, 1.54) is 0 Å². The number of nitrogens with zero attached hydrogens (tertiary/aromatic N) is 2. The third-order valence-electron chi connectivity index (χ3n) is 6.02. The van der Waals surface area contributed by atoms with Gasteiger partial charge >= 0.3 is 0 Å². The van der Waals surface area contributed by atoms with Crippen molar-refractivity contribution in [3.8, 4) is 5.75 Å². The number of aryl methyl sites for hydroxylation is 1. The van der Waals surface area contributed by atoms with Crippen LogP contribution in [0.4, 0.5) is 11.5 Å². The van der Waals surface area contributed by atoms with E-state index >= 15 is 0 Å². The zero-order valence-electron chi connectivity index (χ0n) is 19.7. The van der Waals surface area contributed by atoms with Gasteiger partial charge in [-0.05, 0) is 61.8 Å². The monoisotopic (exact) mass is 437 g/mol. The van der Waals surface area contributed by atoms with E-state index in [9.17, 15) is 4.79 Å². The standard InChI is InChI=1S/C26H35N3O3/c1-18-8-13-23(27-16-18)29-14-15-31-24-21(6-5-7-22(24)29)25(30)28-19-9-11-20(12-10-19)32-17-26(2,3)4/h5-8,13,16,19-20H,9-12,14-15,17H2,1-4H3,(H,28,30)/t19-,20-. The van der Waals surface area contributed by atoms with Crippen LogP contribution in [0, 0.1) is 12.3 Å². The quantitative estimate of drug-likeness (QED) is 0.711. The normalized spacial score (nSPS) is 20.9. The summed E-state index contributed by atoms with van der Waals surface area (Å²) in [5.74, 6) is 1.44. The molecule has 0 radical (unpaired) electrons. The topological polar surface area (TPSA) is 63.7 Å². The van der Waals surface area contributed by atoms with Gasteiger partial charge in [-0.1, -0.05) is 32.9 Å². The van der Waals surface area contributed by atoms with Crippen molar-refractivity contribution in [2.75, 3.05) is 24.7 Å². The Morgan fingerprint density at radius 1 is 1.19 bits per heavy atom. The predicted molar refractivity (Wildman–Crippen MR) is 127 cm³/mol. The van der Waals surface area contributed by atoms with Gasteiger partial charge in [0.05, 0.1) is 30.5 Å². The molecule has 0 spiro atoms. The number of hydrogen-bond donors (Lipinski definition) is 1. The van der Waals surface area contributed by atoms with Gasteiger partial charge in [-0.3, -0.25) is 4.79 Å². The van der Waals surface area contributed by atoms with Gasteiger partial charge in [0, 0.05) is 12.2 Å². The summed E-state index contributed by atoms with van der Waals surface area (Å²) in [4.78, 5) is 19.8. The van der Waals surface area contributed by atoms with E-state index < -0.39 is 0 Å². The zero-order valence-corrected chi connectivity index (χ0v) is 19.7. The Kier molecular flexibility index (Phi) is 6.70. The summed E-state index contributed by atoms with van der Waals surface area (Å²) < 4.78 is 12.0. The van der Waals surface area contributed by atoms with Crippen LogP contribution in [-0.2, 0) is 4.74 Å². The van der Waals surface area contributed by atoms with Gasteiger partial charge in [-0.25, -0.2) is 4.98 Å². The number of anilines is 2. The molecule has 0 bridgehead atoms. The van der Waals surface area contributed by atoms with Gasteiger partial charge in [0.1, 0.15) is 12.4 Å². The van der Waals surface area contributed by atoms with Crippen molar-refractivity contribution in [2.45, 2.75) is 65.5 Å². The van der Waals surface area contributed by atoms with E-state index in [-0.39, 0.29) is 17.4 Å². The number of nitrogens with one attached hydrogen (secondary N) is 1. The molecule has 172 valence electrons. The van der Waals surface area contributed by atoms with Crippen LogP contribution in [0.15, 0.2) is 36.5 Å². The number of hydrogen-bond acceptors (Lipinski definition) is 5. The molecule has 2 aliphatic rings. The van der Waals surface area contributed by atoms with Gasteiger partial charge in [0.25, 0.3) is 5.91 Å². The van der Waals surface area contributed by atoms with Crippen LogP contribution in [0.5, 0.6) is 5.75 Å². The lowest BCUT2D eigenvalue weighted by Crippen LogP contribution is -2.40. The maximum absolute atomic E-state index is 13.2. The Hall–Kier alpha value is -2.60. The second kappa shape index (κ2) is 9.49. The second-order valence-electron chi connectivity index (χ2n) is 10.2. The Morgan fingerprint density at radius 2 is 1.97 bits per heavy atom. The van der Waals surface area contributed by atoms with Crippen LogP contribution in [-0.4, -0.2) is 42.8 Å². The molecular formula is C26H35N3O3. The fourth-order valence-corrected chi connectivity index (χ4v) is 4.29. The highest BCUT2D eigenvalue weighted by Gasteiger charge is 2.28. The third kappa shape index (κ3) is 5.41. The average molecular weight is 438 g/mol. The number of pyridine rings is 1. The van der Waals surface area contributed by atoms with Gasteiger partial charge in [-0.2, -0.15) is 0 Å². The zero-order chi connectivity index (χ0) is 22.7. The summed E-state index contributed by atoms with van der Waals surface area (Å²) in [5.41, 5.74) is 2.78. The molecule has 0 atom stereocenters. The summed E-state index contributed by atoms with van der Waals surface area (Å²) in [7, 11) is 0. The fourth-order valence-electron chi connectivity index (χ4n) is 4.29. The van der Waals surface area contributed by atoms with Crippen molar-refractivity contribution < 1.29 is 14.3 Å². The van der Waals surface area contributed by atoms with Gasteiger partial charge in [-0.15, -0.1) is 0 Å². The minimum atomic E-state index is -0.0698. The number of aromatic nitrogens is 1. The van der Waals surface area contributed by atoms with Crippen LogP contribution in [0.1, 0.15) is 62.4 Å². The molecule has 32 heavy (non-hydrogen) atoms. The molecule has 2 heterocycles. The lowest BCUT2D eigenvalue weighted by molar-refractivity contribution is -0.0134. The molecule has 6 nitrogen and oxygen atoms in total. The number of para-hydroxylation sites is 1. The molecule has 0 unspecified atom stereocenters. The first-order valence-electron chi connectivity index (χ1n) is 11.7. The van der Waals surface area contributed by atoms with Crippen molar-refractivity contribution in [3.63, 3.8) is 0 Å². The number of carbonyl (C=O) groups is 1. The first-order valence-corrected chi connectivity index (χ1v) is 11.7. The Balaban J connectivity index is 1.41. The maximum Gasteiger partial charge on any atom is 0.255 e. The summed E-state index contributed by atoms with van der Waals surface area (Å²) in [5, 5.41) is 3.23. The van der Waals surface area contributed by atoms with Crippen molar-refractivity contribution in [3.05, 3.63) is 47.7 Å². The Labute approximate surface area is 191 Å². The summed E-state index contributed by atoms with van der Waals surface area (Å²) in [6.45, 7) is 10.6. The Morgan fingerprint density at radius 3 is 2.66 bits per heavy atom. The number of carbonyl (C=O) groups excluding carboxylic acids is 1. The van der Waals surface area contributed by atoms with E-state index in [4.69, 9.17) is 9.47 Å². The molecule has 1 aromatic carbocycles. The minimum absolute atomic E-state index is 0.0698. The highest BCUT2D eigenvalue weighted by atomic mass is 16.5. The Bertz CT molecular complexity index is 928. The van der Waals surface area contributed by atoms with Crippen molar-refractivity contribution in [1.82, 2.24) is 10.3 Å². The van der Waals surface area contributed by atoms with Crippen LogP contribution >= 0.6 is 0 Å². The molecule has 2 aromatic rings. The number of amides is 1. The smallest absolute Gasteiger partial charge is 0.255 e. The van der Waals surface area contributed by atoms with E-state index in [0.717, 1.165) is 49.4 Å². The molecule has 1 aromatic heterocycles. The lowest BCUT2D eigenvalue weighted by Gasteiger charge is -2.33. The number of fused-ring (bicyclic) bond motifs is 1. The third-order valence-corrected chi connectivity index (χ3v) is 6.02. The van der Waals surface area contributed by atoms with E-state index in [1.54, 1.807) is 0 Å². The summed E-state index contributed by atoms with van der Waals surface area (Å²) in [6, 6.07) is 9.99. The fraction of sp³-hybridized carbons (Fsp3) is 0.538. The molecule has 6 heteroatoms. The second-order valence-corrected chi connectivity index (χ2v) is 10.2. The molecule has 1 saturated carbocycles. The van der Waals surface area contributed by atoms with Crippen molar-refractivity contribution in [1.29, 1.82) is 0 Å². The van der Waals surface area contributed by atoms with Crippen molar-refractivity contribution in [2.24, 2.45) is 5.41 Å². The summed E-state index contributed by atoms with van der Waals surface area (Å²) >= 11 is 0. The molecule has 1 fully saturated rings. The highest BCUT2D eigenvalue weighted by Crippen LogP contribution is 2.38. The average Bonchev–Trinajstić information content (AvgIpc) is 2.78. The molecule has 1 N–H and O–H groups in total. The molecule has 1 aliphatic heterocycles. The van der Waals surface area contributed by atoms with Gasteiger partial charge in [0.2, 0.25) is 0 Å². The molecule has 4 rings (SSSR count). The minimum Gasteiger partial charge on any atom is -0.489 e. The molecule has 1 aliphatic carbocycles. The number of ether oxygens (including phenoxy) is 2. The lowest BCUT2D eigenvalue weighted by atomic mass is 9.92. The predicted octanol–water partition coefficient (Wildman–Crippen LogP) is 5.02. The SMILES string of the molecule is Cc1ccc(N2CCOc3c(C(=O)N[C@H]4CC[C@H](OCC(C)(C)C)CC4)cccc32)nc1. The largest absolute Gasteiger partial charge is 0.489 e. The van der Waals surface area contributed by atoms with Gasteiger partial charge in [0.15, 0.2) is 5.75 Å². The summed E-state index contributed by atoms with van der Waals surface area (Å²) in [6.07, 6.45) is 6.01. The van der Waals surface area contributed by atoms with Crippen molar-refractivity contribution >= 4 is 17.4 Å². The van der Waals surface area contributed by atoms with E-state index in [0.29, 0.717) is 30.6 Å². The number of rotatable bonds is 5. The number of benzene rings is 1. The molecular weight excluding hydrogens is 402 g/mol. The van der Waals surface area contributed by atoms with Crippen LogP contribution in [0.3, 0.4) is 0 Å². The van der Waals surface area contributed by atoms with E-state index in [2.05, 4.69) is 42.0 Å². The molecule has 1 amide bonds. The van der Waals surface area contributed by atoms with Crippen LogP contribution < -0.4 is 15.0 Å².